The van der Waals surface area contributed by atoms with Gasteiger partial charge in [-0.1, -0.05) is 6.07 Å². The van der Waals surface area contributed by atoms with Gasteiger partial charge in [-0.25, -0.2) is 4.39 Å². The van der Waals surface area contributed by atoms with Crippen molar-refractivity contribution in [2.75, 3.05) is 5.73 Å². The summed E-state index contributed by atoms with van der Waals surface area (Å²) < 4.78 is 18.8. The second-order valence-electron chi connectivity index (χ2n) is 4.29. The average molecular weight is 256 g/mol. The van der Waals surface area contributed by atoms with Crippen LogP contribution in [0.1, 0.15) is 16.7 Å². The Morgan fingerprint density at radius 1 is 1.26 bits per heavy atom. The highest BCUT2D eigenvalue weighted by molar-refractivity contribution is 5.53. The van der Waals surface area contributed by atoms with Gasteiger partial charge in [-0.15, -0.1) is 0 Å². The number of benzene rings is 2. The summed E-state index contributed by atoms with van der Waals surface area (Å²) in [6.07, 6.45) is 0. The number of hydrogen-bond donors (Lipinski definition) is 1. The van der Waals surface area contributed by atoms with Crippen LogP contribution in [0.3, 0.4) is 0 Å². The molecule has 0 heterocycles. The first-order chi connectivity index (χ1) is 9.08. The van der Waals surface area contributed by atoms with E-state index in [1.54, 1.807) is 12.1 Å². The molecule has 19 heavy (non-hydrogen) atoms. The van der Waals surface area contributed by atoms with Gasteiger partial charge in [-0.2, -0.15) is 5.26 Å². The van der Waals surface area contributed by atoms with Crippen LogP contribution in [0.25, 0.3) is 0 Å². The van der Waals surface area contributed by atoms with E-state index in [2.05, 4.69) is 0 Å². The van der Waals surface area contributed by atoms with Crippen molar-refractivity contribution in [1.82, 2.24) is 0 Å². The molecule has 0 atom stereocenters. The molecule has 0 fully saturated rings. The maximum Gasteiger partial charge on any atom is 0.142 e. The van der Waals surface area contributed by atoms with Crippen molar-refractivity contribution in [1.29, 1.82) is 5.26 Å². The first-order valence-electron chi connectivity index (χ1n) is 5.77. The first kappa shape index (κ1) is 12.9. The lowest BCUT2D eigenvalue weighted by atomic mass is 10.1. The van der Waals surface area contributed by atoms with E-state index < -0.39 is 5.82 Å². The number of nitrogen functional groups attached to an aromatic ring is 1. The van der Waals surface area contributed by atoms with Crippen LogP contribution in [0.15, 0.2) is 36.4 Å². The summed E-state index contributed by atoms with van der Waals surface area (Å²) in [5.74, 6) is 0.109. The molecule has 2 N–H and O–H groups in total. The SMILES string of the molecule is Cc1ccc(N)c(OCc2cc(F)cc(C#N)c2)c1. The summed E-state index contributed by atoms with van der Waals surface area (Å²) >= 11 is 0. The third-order valence-electron chi connectivity index (χ3n) is 2.65. The summed E-state index contributed by atoms with van der Waals surface area (Å²) in [5.41, 5.74) is 8.22. The molecule has 2 aromatic carbocycles. The fourth-order valence-corrected chi connectivity index (χ4v) is 1.73. The molecule has 0 aliphatic carbocycles. The minimum atomic E-state index is -0.449. The monoisotopic (exact) mass is 256 g/mol. The van der Waals surface area contributed by atoms with Crippen molar-refractivity contribution in [3.63, 3.8) is 0 Å². The molecule has 0 aliphatic rings. The predicted octanol–water partition coefficient (Wildman–Crippen LogP) is 3.17. The van der Waals surface area contributed by atoms with Crippen molar-refractivity contribution in [3.8, 4) is 11.8 Å². The normalized spacial score (nSPS) is 9.95. The molecule has 0 amide bonds. The lowest BCUT2D eigenvalue weighted by Crippen LogP contribution is -2.00. The quantitative estimate of drug-likeness (QED) is 0.858. The van der Waals surface area contributed by atoms with Gasteiger partial charge in [-0.05, 0) is 48.4 Å². The molecule has 0 saturated carbocycles. The molecule has 2 rings (SSSR count). The number of anilines is 1. The molecule has 0 aromatic heterocycles. The first-order valence-corrected chi connectivity index (χ1v) is 5.77. The molecule has 0 unspecified atom stereocenters. The van der Waals surface area contributed by atoms with Gasteiger partial charge in [0, 0.05) is 0 Å². The standard InChI is InChI=1S/C15H13FN2O/c1-10-2-3-14(18)15(4-10)19-9-12-5-11(8-17)6-13(16)7-12/h2-7H,9,18H2,1H3. The summed E-state index contributed by atoms with van der Waals surface area (Å²) in [6, 6.07) is 11.5. The van der Waals surface area contributed by atoms with Crippen molar-refractivity contribution in [3.05, 3.63) is 58.9 Å². The van der Waals surface area contributed by atoms with E-state index >= 15 is 0 Å². The van der Waals surface area contributed by atoms with Crippen molar-refractivity contribution in [2.24, 2.45) is 0 Å². The lowest BCUT2D eigenvalue weighted by Gasteiger charge is -2.10. The minimum Gasteiger partial charge on any atom is -0.487 e. The Kier molecular flexibility index (Phi) is 3.67. The maximum atomic E-state index is 13.3. The Hall–Kier alpha value is -2.54. The molecule has 0 bridgehead atoms. The Balaban J connectivity index is 2.17. The van der Waals surface area contributed by atoms with Crippen LogP contribution >= 0.6 is 0 Å². The highest BCUT2D eigenvalue weighted by Gasteiger charge is 2.04. The molecule has 4 heteroatoms. The number of hydrogen-bond acceptors (Lipinski definition) is 3. The molecule has 96 valence electrons. The Morgan fingerprint density at radius 2 is 2.05 bits per heavy atom. The smallest absolute Gasteiger partial charge is 0.142 e. The van der Waals surface area contributed by atoms with Gasteiger partial charge in [0.1, 0.15) is 18.2 Å². The minimum absolute atomic E-state index is 0.167. The van der Waals surface area contributed by atoms with Gasteiger partial charge < -0.3 is 10.5 Å². The molecular weight excluding hydrogens is 243 g/mol. The second kappa shape index (κ2) is 5.40. The van der Waals surface area contributed by atoms with Crippen molar-refractivity contribution >= 4 is 5.69 Å². The molecule has 0 aliphatic heterocycles. The number of nitrogens with zero attached hydrogens (tertiary/aromatic N) is 1. The van der Waals surface area contributed by atoms with E-state index in [1.165, 1.54) is 12.1 Å². The zero-order chi connectivity index (χ0) is 13.8. The largest absolute Gasteiger partial charge is 0.487 e. The van der Waals surface area contributed by atoms with Crippen LogP contribution in [0.2, 0.25) is 0 Å². The van der Waals surface area contributed by atoms with E-state index in [-0.39, 0.29) is 12.2 Å². The van der Waals surface area contributed by atoms with Gasteiger partial charge >= 0.3 is 0 Å². The summed E-state index contributed by atoms with van der Waals surface area (Å²) in [7, 11) is 0. The molecule has 2 aromatic rings. The topological polar surface area (TPSA) is 59.0 Å². The van der Waals surface area contributed by atoms with Crippen molar-refractivity contribution in [2.45, 2.75) is 13.5 Å². The lowest BCUT2D eigenvalue weighted by molar-refractivity contribution is 0.307. The van der Waals surface area contributed by atoms with Crippen LogP contribution in [-0.2, 0) is 6.61 Å². The van der Waals surface area contributed by atoms with Crippen molar-refractivity contribution < 1.29 is 9.13 Å². The highest BCUT2D eigenvalue weighted by atomic mass is 19.1. The molecule has 3 nitrogen and oxygen atoms in total. The van der Waals surface area contributed by atoms with E-state index in [0.717, 1.165) is 5.56 Å². The van der Waals surface area contributed by atoms with Gasteiger partial charge in [0.2, 0.25) is 0 Å². The third kappa shape index (κ3) is 3.23. The van der Waals surface area contributed by atoms with Crippen LogP contribution in [0, 0.1) is 24.1 Å². The fourth-order valence-electron chi connectivity index (χ4n) is 1.73. The predicted molar refractivity (Wildman–Crippen MR) is 71.0 cm³/mol. The summed E-state index contributed by atoms with van der Waals surface area (Å²) in [4.78, 5) is 0. The van der Waals surface area contributed by atoms with Crippen LogP contribution < -0.4 is 10.5 Å². The van der Waals surface area contributed by atoms with Crippen LogP contribution in [0.4, 0.5) is 10.1 Å². The van der Waals surface area contributed by atoms with E-state index in [1.807, 2.05) is 25.1 Å². The van der Waals surface area contributed by atoms with Gasteiger partial charge in [0.15, 0.2) is 0 Å². The summed E-state index contributed by atoms with van der Waals surface area (Å²) in [6.45, 7) is 2.10. The van der Waals surface area contributed by atoms with Crippen LogP contribution in [0.5, 0.6) is 5.75 Å². The van der Waals surface area contributed by atoms with Gasteiger partial charge in [-0.3, -0.25) is 0 Å². The Labute approximate surface area is 111 Å². The van der Waals surface area contributed by atoms with E-state index in [0.29, 0.717) is 17.0 Å². The maximum absolute atomic E-state index is 13.3. The highest BCUT2D eigenvalue weighted by Crippen LogP contribution is 2.23. The van der Waals surface area contributed by atoms with E-state index in [4.69, 9.17) is 15.7 Å². The van der Waals surface area contributed by atoms with E-state index in [9.17, 15) is 4.39 Å². The zero-order valence-electron chi connectivity index (χ0n) is 10.5. The fraction of sp³-hybridized carbons (Fsp3) is 0.133. The zero-order valence-corrected chi connectivity index (χ0v) is 10.5. The molecule has 0 spiro atoms. The molecule has 0 radical (unpaired) electrons. The number of nitrogens with two attached hydrogens (primary N) is 1. The molecular formula is C15H13FN2O. The number of halogens is 1. The Morgan fingerprint density at radius 3 is 2.79 bits per heavy atom. The second-order valence-corrected chi connectivity index (χ2v) is 4.29. The number of rotatable bonds is 3. The number of nitriles is 1. The van der Waals surface area contributed by atoms with Crippen LogP contribution in [-0.4, -0.2) is 0 Å². The third-order valence-corrected chi connectivity index (χ3v) is 2.65. The van der Waals surface area contributed by atoms with Gasteiger partial charge in [0.05, 0.1) is 17.3 Å². The number of ether oxygens (including phenoxy) is 1. The number of aryl methyl sites for hydroxylation is 1. The Bertz CT molecular complexity index is 647. The average Bonchev–Trinajstić information content (AvgIpc) is 2.39. The summed E-state index contributed by atoms with van der Waals surface area (Å²) in [5, 5.41) is 8.77. The molecule has 0 saturated heterocycles. The van der Waals surface area contributed by atoms with Gasteiger partial charge in [0.25, 0.3) is 0 Å².